The molecule has 0 atom stereocenters. The number of carbonyl (C=O) groups excluding carboxylic acids is 2. The van der Waals surface area contributed by atoms with Gasteiger partial charge in [-0.25, -0.2) is 28.5 Å². The van der Waals surface area contributed by atoms with E-state index in [1.54, 1.807) is 24.3 Å². The van der Waals surface area contributed by atoms with Gasteiger partial charge in [0.05, 0.1) is 5.69 Å². The normalized spacial score (nSPS) is 17.6. The van der Waals surface area contributed by atoms with Crippen LogP contribution in [0.1, 0.15) is 54.9 Å². The van der Waals surface area contributed by atoms with Crippen LogP contribution in [0.4, 0.5) is 20.7 Å². The number of hydrogen-bond acceptors (Lipinski definition) is 9. The summed E-state index contributed by atoms with van der Waals surface area (Å²) in [6.07, 6.45) is 7.88. The van der Waals surface area contributed by atoms with Gasteiger partial charge in [0.2, 0.25) is 5.88 Å². The largest absolute Gasteiger partial charge is 0.439 e. The lowest BCUT2D eigenvalue weighted by atomic mass is 10.0. The summed E-state index contributed by atoms with van der Waals surface area (Å²) in [6, 6.07) is 13.1. The molecular weight excluding hydrogens is 669 g/mol. The zero-order valence-corrected chi connectivity index (χ0v) is 29.0. The standard InChI is InChI=1S/C37H42FN9O5/c1-43-18-20-44(21-19-43)27-14-16-45(17-15-27)36(50)42-32-22-33(40-24-39-32)52-30-12-8-26(9-13-30)41-34(48)31-23-46(28-4-2-3-5-28)37(51)47(35(31)49)29-10-6-25(38)7-11-29/h6-13,22-24,27-28H,2-5,14-21H2,1H3,(H,41,48)(H,39,40,42,50). The Kier molecular flexibility index (Phi) is 10.4. The van der Waals surface area contributed by atoms with Crippen molar-refractivity contribution in [3.8, 4) is 17.3 Å². The van der Waals surface area contributed by atoms with Crippen molar-refractivity contribution in [2.75, 3.05) is 56.9 Å². The highest BCUT2D eigenvalue weighted by molar-refractivity contribution is 6.03. The first-order valence-electron chi connectivity index (χ1n) is 17.8. The van der Waals surface area contributed by atoms with Crippen molar-refractivity contribution in [2.45, 2.75) is 50.6 Å². The van der Waals surface area contributed by atoms with E-state index < -0.39 is 23.0 Å². The predicted molar refractivity (Wildman–Crippen MR) is 193 cm³/mol. The van der Waals surface area contributed by atoms with Crippen molar-refractivity contribution in [1.82, 2.24) is 33.8 Å². The van der Waals surface area contributed by atoms with Gasteiger partial charge in [0.1, 0.15) is 29.3 Å². The number of anilines is 2. The van der Waals surface area contributed by atoms with Crippen LogP contribution in [0.2, 0.25) is 0 Å². The van der Waals surface area contributed by atoms with Crippen LogP contribution in [0, 0.1) is 5.82 Å². The van der Waals surface area contributed by atoms with E-state index in [1.165, 1.54) is 35.3 Å². The van der Waals surface area contributed by atoms with E-state index in [-0.39, 0.29) is 29.2 Å². The maximum atomic E-state index is 13.7. The number of likely N-dealkylation sites (tertiary alicyclic amines) is 1. The number of urea groups is 1. The molecule has 272 valence electrons. The molecule has 2 aromatic heterocycles. The number of hydrogen-bond donors (Lipinski definition) is 2. The van der Waals surface area contributed by atoms with Gasteiger partial charge in [-0.3, -0.25) is 24.4 Å². The van der Waals surface area contributed by atoms with E-state index in [2.05, 4.69) is 37.4 Å². The molecule has 0 unspecified atom stereocenters. The number of nitrogens with zero attached hydrogens (tertiary/aromatic N) is 7. The molecule has 1 saturated carbocycles. The smallest absolute Gasteiger partial charge is 0.335 e. The molecule has 0 radical (unpaired) electrons. The molecule has 2 N–H and O–H groups in total. The second-order valence-corrected chi connectivity index (χ2v) is 13.6. The number of rotatable bonds is 8. The molecule has 2 aromatic carbocycles. The van der Waals surface area contributed by atoms with Crippen LogP contribution in [0.5, 0.6) is 11.6 Å². The van der Waals surface area contributed by atoms with Crippen molar-refractivity contribution in [3.63, 3.8) is 0 Å². The van der Waals surface area contributed by atoms with Crippen molar-refractivity contribution < 1.29 is 18.7 Å². The molecule has 1 aliphatic carbocycles. The SMILES string of the molecule is CN1CCN(C2CCN(C(=O)Nc3cc(Oc4ccc(NC(=O)c5cn(C6CCCC6)c(=O)n(-c6ccc(F)cc6)c5=O)cc4)ncn3)CC2)CC1. The lowest BCUT2D eigenvalue weighted by molar-refractivity contribution is 0.0765. The summed E-state index contributed by atoms with van der Waals surface area (Å²) in [5, 5.41) is 5.59. The van der Waals surface area contributed by atoms with Gasteiger partial charge in [0, 0.05) is 69.3 Å². The van der Waals surface area contributed by atoms with Crippen LogP contribution in [0.3, 0.4) is 0 Å². The lowest BCUT2D eigenvalue weighted by Gasteiger charge is -2.42. The molecular formula is C37H42FN9O5. The summed E-state index contributed by atoms with van der Waals surface area (Å²) in [4.78, 5) is 68.5. The zero-order chi connectivity index (χ0) is 36.2. The Morgan fingerprint density at radius 3 is 2.21 bits per heavy atom. The van der Waals surface area contributed by atoms with Crippen molar-refractivity contribution in [2.24, 2.45) is 0 Å². The van der Waals surface area contributed by atoms with Crippen LogP contribution in [0.15, 0.2) is 76.7 Å². The van der Waals surface area contributed by atoms with Gasteiger partial charge < -0.3 is 19.9 Å². The van der Waals surface area contributed by atoms with E-state index in [0.29, 0.717) is 36.4 Å². The Balaban J connectivity index is 0.982. The fraction of sp³-hybridized carbons (Fsp3) is 0.405. The fourth-order valence-corrected chi connectivity index (χ4v) is 7.19. The number of aromatic nitrogens is 4. The van der Waals surface area contributed by atoms with E-state index in [9.17, 15) is 23.6 Å². The molecule has 7 rings (SSSR count). The number of piperidine rings is 1. The van der Waals surface area contributed by atoms with Crippen molar-refractivity contribution in [1.29, 1.82) is 0 Å². The molecule has 3 aliphatic rings. The van der Waals surface area contributed by atoms with Crippen molar-refractivity contribution >= 4 is 23.4 Å². The van der Waals surface area contributed by atoms with Crippen LogP contribution in [-0.4, -0.2) is 98.1 Å². The predicted octanol–water partition coefficient (Wildman–Crippen LogP) is 4.33. The van der Waals surface area contributed by atoms with Gasteiger partial charge in [-0.1, -0.05) is 12.8 Å². The van der Waals surface area contributed by atoms with E-state index in [1.807, 2.05) is 4.90 Å². The van der Waals surface area contributed by atoms with Gasteiger partial charge in [-0.15, -0.1) is 0 Å². The summed E-state index contributed by atoms with van der Waals surface area (Å²) in [5.74, 6) is -0.269. The average molecular weight is 712 g/mol. The molecule has 0 spiro atoms. The number of piperazine rings is 1. The first-order valence-corrected chi connectivity index (χ1v) is 17.8. The molecule has 4 heterocycles. The molecule has 3 fully saturated rings. The highest BCUT2D eigenvalue weighted by Gasteiger charge is 2.29. The summed E-state index contributed by atoms with van der Waals surface area (Å²) in [5.41, 5.74) is -1.03. The summed E-state index contributed by atoms with van der Waals surface area (Å²) in [7, 11) is 2.15. The number of likely N-dealkylation sites (N-methyl/N-ethyl adjacent to an activating group) is 1. The Morgan fingerprint density at radius 2 is 1.52 bits per heavy atom. The van der Waals surface area contributed by atoms with E-state index >= 15 is 0 Å². The second-order valence-electron chi connectivity index (χ2n) is 13.6. The molecule has 14 nitrogen and oxygen atoms in total. The number of nitrogens with one attached hydrogen (secondary N) is 2. The fourth-order valence-electron chi connectivity index (χ4n) is 7.19. The topological polar surface area (TPSA) is 147 Å². The number of ether oxygens (including phenoxy) is 1. The summed E-state index contributed by atoms with van der Waals surface area (Å²) in [6.45, 7) is 5.63. The number of carbonyl (C=O) groups is 2. The van der Waals surface area contributed by atoms with Gasteiger partial charge >= 0.3 is 11.7 Å². The van der Waals surface area contributed by atoms with Gasteiger partial charge in [-0.2, -0.15) is 0 Å². The zero-order valence-electron chi connectivity index (χ0n) is 29.0. The molecule has 0 bridgehead atoms. The molecule has 52 heavy (non-hydrogen) atoms. The molecule has 2 aliphatic heterocycles. The minimum absolute atomic E-state index is 0.150. The van der Waals surface area contributed by atoms with E-state index in [0.717, 1.165) is 81.4 Å². The third kappa shape index (κ3) is 7.90. The molecule has 2 saturated heterocycles. The van der Waals surface area contributed by atoms with Crippen LogP contribution in [0.25, 0.3) is 5.69 Å². The average Bonchev–Trinajstić information content (AvgIpc) is 3.69. The van der Waals surface area contributed by atoms with Gasteiger partial charge in [0.25, 0.3) is 11.5 Å². The Morgan fingerprint density at radius 1 is 0.827 bits per heavy atom. The maximum absolute atomic E-state index is 13.7. The quantitative estimate of drug-likeness (QED) is 0.273. The highest BCUT2D eigenvalue weighted by Crippen LogP contribution is 2.28. The Hall–Kier alpha value is -5.41. The number of amides is 3. The maximum Gasteiger partial charge on any atom is 0.335 e. The molecule has 15 heteroatoms. The van der Waals surface area contributed by atoms with Crippen LogP contribution in [-0.2, 0) is 0 Å². The van der Waals surface area contributed by atoms with Gasteiger partial charge in [0.15, 0.2) is 0 Å². The molecule has 3 amide bonds. The van der Waals surface area contributed by atoms with E-state index in [4.69, 9.17) is 4.74 Å². The second kappa shape index (κ2) is 15.5. The molecule has 4 aromatic rings. The lowest BCUT2D eigenvalue weighted by Crippen LogP contribution is -2.53. The summed E-state index contributed by atoms with van der Waals surface area (Å²) < 4.78 is 21.9. The third-order valence-electron chi connectivity index (χ3n) is 10.2. The third-order valence-corrected chi connectivity index (χ3v) is 10.2. The monoisotopic (exact) mass is 711 g/mol. The minimum atomic E-state index is -0.801. The number of benzene rings is 2. The first kappa shape index (κ1) is 35.0. The first-order chi connectivity index (χ1) is 25.2. The van der Waals surface area contributed by atoms with Gasteiger partial charge in [-0.05, 0) is 81.3 Å². The van der Waals surface area contributed by atoms with Crippen molar-refractivity contribution in [3.05, 3.63) is 99.3 Å². The summed E-state index contributed by atoms with van der Waals surface area (Å²) >= 11 is 0. The highest BCUT2D eigenvalue weighted by atomic mass is 19.1. The van der Waals surface area contributed by atoms with Crippen LogP contribution >= 0.6 is 0 Å². The van der Waals surface area contributed by atoms with Crippen LogP contribution < -0.4 is 26.6 Å². The Bertz CT molecular complexity index is 2010. The number of halogens is 1. The minimum Gasteiger partial charge on any atom is -0.439 e. The Labute approximate surface area is 299 Å².